The largest absolute Gasteiger partial charge is 0.347 e. The van der Waals surface area contributed by atoms with E-state index in [1.54, 1.807) is 11.1 Å². The summed E-state index contributed by atoms with van der Waals surface area (Å²) in [5.41, 5.74) is 2.07. The molecule has 28 heavy (non-hydrogen) atoms. The summed E-state index contributed by atoms with van der Waals surface area (Å²) < 4.78 is 0. The van der Waals surface area contributed by atoms with Crippen molar-refractivity contribution in [2.24, 2.45) is 5.92 Å². The molecule has 1 aliphatic carbocycles. The van der Waals surface area contributed by atoms with Crippen LogP contribution in [-0.2, 0) is 0 Å². The summed E-state index contributed by atoms with van der Waals surface area (Å²) in [7, 11) is 0. The summed E-state index contributed by atoms with van der Waals surface area (Å²) in [5.74, 6) is -1.16. The minimum Gasteiger partial charge on any atom is -0.347 e. The number of fused-ring (bicyclic) bond motifs is 2. The molecule has 142 valence electrons. The topological polar surface area (TPSA) is 124 Å². The molecular weight excluding hydrogens is 362 g/mol. The van der Waals surface area contributed by atoms with Crippen molar-refractivity contribution in [2.45, 2.75) is 25.4 Å². The number of amides is 4. The minimum atomic E-state index is -0.495. The van der Waals surface area contributed by atoms with Crippen LogP contribution in [0.2, 0.25) is 0 Å². The lowest BCUT2D eigenvalue weighted by atomic mass is 9.80. The second-order valence-electron chi connectivity index (χ2n) is 7.49. The van der Waals surface area contributed by atoms with Gasteiger partial charge in [0.15, 0.2) is 0 Å². The summed E-state index contributed by atoms with van der Waals surface area (Å²) in [6, 6.07) is 4.27. The zero-order chi connectivity index (χ0) is 19.6. The van der Waals surface area contributed by atoms with E-state index in [0.29, 0.717) is 17.8 Å². The SMILES string of the molecule is Cc1cn[nH]c1C(=O)N1CC2CC1C2NC(=O)c1ccc2c(c1)C(=O)NC2=O. The fraction of sp³-hybridized carbons (Fsp3) is 0.316. The molecule has 3 fully saturated rings. The van der Waals surface area contributed by atoms with Gasteiger partial charge in [-0.2, -0.15) is 5.10 Å². The standard InChI is InChI=1S/C19H17N5O4/c1-8-6-20-23-14(8)19(28)24-7-10-5-13(24)15(10)21-16(25)9-2-3-11-12(4-9)18(27)22-17(11)26/h2-4,6,10,13,15H,5,7H2,1H3,(H,20,23)(H,21,25)(H,22,26,27). The molecule has 1 aromatic heterocycles. The second-order valence-corrected chi connectivity index (χ2v) is 7.49. The van der Waals surface area contributed by atoms with E-state index in [1.165, 1.54) is 18.2 Å². The number of carbonyl (C=O) groups is 4. The van der Waals surface area contributed by atoms with Crippen molar-refractivity contribution in [3.8, 4) is 0 Å². The average Bonchev–Trinajstić information content (AvgIpc) is 3.43. The Kier molecular flexibility index (Phi) is 3.42. The van der Waals surface area contributed by atoms with Crippen LogP contribution in [0.3, 0.4) is 0 Å². The molecule has 3 aliphatic heterocycles. The van der Waals surface area contributed by atoms with Crippen LogP contribution in [0, 0.1) is 12.8 Å². The molecule has 1 saturated carbocycles. The molecule has 2 aromatic rings. The van der Waals surface area contributed by atoms with Crippen molar-refractivity contribution < 1.29 is 19.2 Å². The predicted molar refractivity (Wildman–Crippen MR) is 95.7 cm³/mol. The van der Waals surface area contributed by atoms with E-state index < -0.39 is 11.8 Å². The highest BCUT2D eigenvalue weighted by Gasteiger charge is 2.54. The molecule has 6 rings (SSSR count). The number of nitrogens with zero attached hydrogens (tertiary/aromatic N) is 2. The molecule has 2 saturated heterocycles. The summed E-state index contributed by atoms with van der Waals surface area (Å²) >= 11 is 0. The fourth-order valence-corrected chi connectivity index (χ4v) is 4.32. The molecule has 9 heteroatoms. The van der Waals surface area contributed by atoms with Gasteiger partial charge in [0.1, 0.15) is 5.69 Å². The Morgan fingerprint density at radius 3 is 2.75 bits per heavy atom. The summed E-state index contributed by atoms with van der Waals surface area (Å²) in [4.78, 5) is 50.6. The molecule has 4 amide bonds. The van der Waals surface area contributed by atoms with Gasteiger partial charge >= 0.3 is 0 Å². The van der Waals surface area contributed by atoms with E-state index in [2.05, 4.69) is 20.8 Å². The highest BCUT2D eigenvalue weighted by molar-refractivity contribution is 6.22. The Hall–Kier alpha value is -3.49. The van der Waals surface area contributed by atoms with E-state index in [0.717, 1.165) is 12.0 Å². The van der Waals surface area contributed by atoms with Crippen LogP contribution in [0.1, 0.15) is 53.5 Å². The number of nitrogens with one attached hydrogen (secondary N) is 3. The van der Waals surface area contributed by atoms with Crippen LogP contribution in [0.25, 0.3) is 0 Å². The molecular formula is C19H17N5O4. The molecule has 9 nitrogen and oxygen atoms in total. The second kappa shape index (κ2) is 5.75. The lowest BCUT2D eigenvalue weighted by molar-refractivity contribution is 0.0693. The molecule has 2 bridgehead atoms. The Bertz CT molecular complexity index is 1060. The zero-order valence-corrected chi connectivity index (χ0v) is 15.0. The third-order valence-electron chi connectivity index (χ3n) is 5.90. The van der Waals surface area contributed by atoms with Gasteiger partial charge in [0, 0.05) is 18.0 Å². The number of hydrogen-bond acceptors (Lipinski definition) is 5. The lowest BCUT2D eigenvalue weighted by Gasteiger charge is -2.36. The molecule has 3 unspecified atom stereocenters. The van der Waals surface area contributed by atoms with Gasteiger partial charge in [-0.3, -0.25) is 29.6 Å². The summed E-state index contributed by atoms with van der Waals surface area (Å²) in [6.45, 7) is 2.42. The van der Waals surface area contributed by atoms with Crippen LogP contribution < -0.4 is 10.6 Å². The Labute approximate surface area is 159 Å². The van der Waals surface area contributed by atoms with Crippen molar-refractivity contribution in [2.75, 3.05) is 6.54 Å². The maximum atomic E-state index is 12.7. The van der Waals surface area contributed by atoms with Gasteiger partial charge in [0.05, 0.1) is 29.4 Å². The molecule has 4 aliphatic rings. The van der Waals surface area contributed by atoms with Crippen molar-refractivity contribution in [3.05, 3.63) is 52.3 Å². The molecule has 0 radical (unpaired) electrons. The smallest absolute Gasteiger partial charge is 0.272 e. The van der Waals surface area contributed by atoms with Crippen molar-refractivity contribution in [3.63, 3.8) is 0 Å². The molecule has 0 spiro atoms. The van der Waals surface area contributed by atoms with Gasteiger partial charge < -0.3 is 10.2 Å². The average molecular weight is 379 g/mol. The first-order valence-corrected chi connectivity index (χ1v) is 9.05. The normalized spacial score (nSPS) is 24.6. The first kappa shape index (κ1) is 16.7. The van der Waals surface area contributed by atoms with Gasteiger partial charge in [-0.25, -0.2) is 0 Å². The zero-order valence-electron chi connectivity index (χ0n) is 15.0. The van der Waals surface area contributed by atoms with Crippen LogP contribution in [-0.4, -0.2) is 57.4 Å². The van der Waals surface area contributed by atoms with Gasteiger partial charge in [-0.1, -0.05) is 0 Å². The highest BCUT2D eigenvalue weighted by atomic mass is 16.2. The van der Waals surface area contributed by atoms with Crippen molar-refractivity contribution in [1.29, 1.82) is 0 Å². The Morgan fingerprint density at radius 2 is 2.00 bits per heavy atom. The molecule has 1 aromatic carbocycles. The van der Waals surface area contributed by atoms with Crippen LogP contribution in [0.4, 0.5) is 0 Å². The van der Waals surface area contributed by atoms with E-state index in [1.807, 2.05) is 6.92 Å². The van der Waals surface area contributed by atoms with E-state index in [4.69, 9.17) is 0 Å². The molecule has 4 heterocycles. The fourth-order valence-electron chi connectivity index (χ4n) is 4.32. The minimum absolute atomic E-state index is 0.0524. The van der Waals surface area contributed by atoms with Crippen molar-refractivity contribution in [1.82, 2.24) is 25.7 Å². The van der Waals surface area contributed by atoms with Gasteiger partial charge in [-0.15, -0.1) is 0 Å². The Morgan fingerprint density at radius 1 is 1.21 bits per heavy atom. The molecule has 3 N–H and O–H groups in total. The maximum Gasteiger partial charge on any atom is 0.272 e. The number of aryl methyl sites for hydroxylation is 1. The number of rotatable bonds is 3. The monoisotopic (exact) mass is 379 g/mol. The van der Waals surface area contributed by atoms with Crippen molar-refractivity contribution >= 4 is 23.6 Å². The first-order chi connectivity index (χ1) is 13.4. The number of H-pyrrole nitrogens is 1. The van der Waals surface area contributed by atoms with Crippen LogP contribution in [0.5, 0.6) is 0 Å². The number of aromatic amines is 1. The number of benzene rings is 1. The number of carbonyl (C=O) groups excluding carboxylic acids is 4. The van der Waals surface area contributed by atoms with E-state index in [9.17, 15) is 19.2 Å². The number of imide groups is 1. The number of aromatic nitrogens is 2. The quantitative estimate of drug-likeness (QED) is 0.659. The highest BCUT2D eigenvalue weighted by Crippen LogP contribution is 2.42. The van der Waals surface area contributed by atoms with Crippen LogP contribution >= 0.6 is 0 Å². The lowest BCUT2D eigenvalue weighted by Crippen LogP contribution is -2.55. The molecule has 3 atom stereocenters. The van der Waals surface area contributed by atoms with Gasteiger partial charge in [0.2, 0.25) is 0 Å². The van der Waals surface area contributed by atoms with Gasteiger partial charge in [-0.05, 0) is 37.1 Å². The third kappa shape index (κ3) is 2.29. The predicted octanol–water partition coefficient (Wildman–Crippen LogP) is 0.245. The maximum absolute atomic E-state index is 12.7. The summed E-state index contributed by atoms with van der Waals surface area (Å²) in [5, 5.41) is 11.8. The van der Waals surface area contributed by atoms with Crippen LogP contribution in [0.15, 0.2) is 24.4 Å². The number of hydrogen-bond donors (Lipinski definition) is 3. The first-order valence-electron chi connectivity index (χ1n) is 9.05. The van der Waals surface area contributed by atoms with E-state index >= 15 is 0 Å². The summed E-state index contributed by atoms with van der Waals surface area (Å²) in [6.07, 6.45) is 2.46. The van der Waals surface area contributed by atoms with E-state index in [-0.39, 0.29) is 40.9 Å². The van der Waals surface area contributed by atoms with Gasteiger partial charge in [0.25, 0.3) is 23.6 Å². The Balaban J connectivity index is 1.31. The third-order valence-corrected chi connectivity index (χ3v) is 5.90.